The lowest BCUT2D eigenvalue weighted by Crippen LogP contribution is -2.41. The average molecular weight is 232 g/mol. The Hall–Kier alpha value is -1.43. The summed E-state index contributed by atoms with van der Waals surface area (Å²) in [4.78, 5) is 3.85. The first-order valence-corrected chi connectivity index (χ1v) is 4.59. The topological polar surface area (TPSA) is 57.4 Å². The van der Waals surface area contributed by atoms with Crippen LogP contribution in [0, 0.1) is 0 Å². The molecular formula is C10H14F2N2O2. The Morgan fingerprint density at radius 1 is 1.38 bits per heavy atom. The van der Waals surface area contributed by atoms with Gasteiger partial charge in [0.1, 0.15) is 11.3 Å². The summed E-state index contributed by atoms with van der Waals surface area (Å²) in [6.45, 7) is 1.23. The summed E-state index contributed by atoms with van der Waals surface area (Å²) in [6.07, 6.45) is -1.41. The van der Waals surface area contributed by atoms with Gasteiger partial charge in [0.05, 0.1) is 20.4 Å². The van der Waals surface area contributed by atoms with Gasteiger partial charge in [0.25, 0.3) is 6.43 Å². The van der Waals surface area contributed by atoms with Crippen LogP contribution in [0.5, 0.6) is 11.6 Å². The van der Waals surface area contributed by atoms with E-state index in [1.165, 1.54) is 33.4 Å². The fourth-order valence-corrected chi connectivity index (χ4v) is 1.24. The van der Waals surface area contributed by atoms with Crippen molar-refractivity contribution in [2.24, 2.45) is 5.73 Å². The van der Waals surface area contributed by atoms with Gasteiger partial charge in [0.2, 0.25) is 5.88 Å². The molecular weight excluding hydrogens is 218 g/mol. The Morgan fingerprint density at radius 2 is 2.00 bits per heavy atom. The zero-order valence-electron chi connectivity index (χ0n) is 9.33. The average Bonchev–Trinajstić information content (AvgIpc) is 2.27. The third-order valence-corrected chi connectivity index (χ3v) is 2.31. The first-order chi connectivity index (χ1) is 7.43. The smallest absolute Gasteiger partial charge is 0.260 e. The summed E-state index contributed by atoms with van der Waals surface area (Å²) in [5.41, 5.74) is 3.93. The van der Waals surface area contributed by atoms with Crippen molar-refractivity contribution in [3.05, 3.63) is 17.8 Å². The first-order valence-electron chi connectivity index (χ1n) is 4.59. The molecule has 2 N–H and O–H groups in total. The van der Waals surface area contributed by atoms with Crippen molar-refractivity contribution in [2.75, 3.05) is 14.2 Å². The molecule has 0 aliphatic carbocycles. The van der Waals surface area contributed by atoms with Crippen molar-refractivity contribution in [2.45, 2.75) is 18.9 Å². The maximum absolute atomic E-state index is 12.8. The summed E-state index contributed by atoms with van der Waals surface area (Å²) >= 11 is 0. The Labute approximate surface area is 92.4 Å². The fourth-order valence-electron chi connectivity index (χ4n) is 1.24. The molecule has 0 aliphatic heterocycles. The van der Waals surface area contributed by atoms with Crippen molar-refractivity contribution in [3.63, 3.8) is 0 Å². The number of aromatic nitrogens is 1. The largest absolute Gasteiger partial charge is 0.495 e. The number of halogens is 2. The van der Waals surface area contributed by atoms with E-state index in [0.717, 1.165) is 0 Å². The maximum atomic E-state index is 12.8. The predicted molar refractivity (Wildman–Crippen MR) is 54.9 cm³/mol. The molecule has 1 atom stereocenters. The highest BCUT2D eigenvalue weighted by Crippen LogP contribution is 2.33. The minimum Gasteiger partial charge on any atom is -0.495 e. The number of nitrogens with two attached hydrogens (primary N) is 1. The fraction of sp³-hybridized carbons (Fsp3) is 0.500. The van der Waals surface area contributed by atoms with E-state index in [0.29, 0.717) is 0 Å². The van der Waals surface area contributed by atoms with Crippen molar-refractivity contribution in [1.29, 1.82) is 0 Å². The molecule has 1 aromatic heterocycles. The van der Waals surface area contributed by atoms with E-state index < -0.39 is 12.0 Å². The molecule has 1 rings (SSSR count). The second kappa shape index (κ2) is 4.61. The van der Waals surface area contributed by atoms with E-state index in [2.05, 4.69) is 4.98 Å². The molecule has 0 saturated heterocycles. The lowest BCUT2D eigenvalue weighted by molar-refractivity contribution is 0.0608. The Morgan fingerprint density at radius 3 is 2.44 bits per heavy atom. The zero-order valence-corrected chi connectivity index (χ0v) is 9.33. The monoisotopic (exact) mass is 232 g/mol. The van der Waals surface area contributed by atoms with Crippen LogP contribution in [-0.2, 0) is 5.54 Å². The van der Waals surface area contributed by atoms with Gasteiger partial charge in [-0.3, -0.25) is 0 Å². The molecule has 0 amide bonds. The summed E-state index contributed by atoms with van der Waals surface area (Å²) in [5.74, 6) is 0.430. The number of nitrogens with zero attached hydrogens (tertiary/aromatic N) is 1. The lowest BCUT2D eigenvalue weighted by Gasteiger charge is -2.25. The summed E-state index contributed by atoms with van der Waals surface area (Å²) < 4.78 is 35.4. The van der Waals surface area contributed by atoms with Crippen LogP contribution in [0.4, 0.5) is 8.78 Å². The summed E-state index contributed by atoms with van der Waals surface area (Å²) in [5, 5.41) is 0. The number of methoxy groups -OCH3 is 2. The van der Waals surface area contributed by atoms with Crippen LogP contribution in [0.1, 0.15) is 12.5 Å². The molecule has 0 aromatic carbocycles. The Balaban J connectivity index is 3.28. The minimum atomic E-state index is -2.71. The van der Waals surface area contributed by atoms with Crippen molar-refractivity contribution < 1.29 is 18.3 Å². The van der Waals surface area contributed by atoms with Gasteiger partial charge >= 0.3 is 0 Å². The maximum Gasteiger partial charge on any atom is 0.260 e. The van der Waals surface area contributed by atoms with Crippen LogP contribution in [0.3, 0.4) is 0 Å². The van der Waals surface area contributed by atoms with Gasteiger partial charge in [-0.1, -0.05) is 0 Å². The molecule has 1 aromatic rings. The van der Waals surface area contributed by atoms with E-state index in [4.69, 9.17) is 15.2 Å². The molecule has 90 valence electrons. The molecule has 0 bridgehead atoms. The van der Waals surface area contributed by atoms with Gasteiger partial charge in [0.15, 0.2) is 0 Å². The summed E-state index contributed by atoms with van der Waals surface area (Å²) in [6, 6.07) is 1.35. The molecule has 4 nitrogen and oxygen atoms in total. The number of ether oxygens (including phenoxy) is 2. The molecule has 0 fully saturated rings. The second-order valence-corrected chi connectivity index (χ2v) is 3.51. The highest BCUT2D eigenvalue weighted by molar-refractivity contribution is 5.40. The molecule has 6 heteroatoms. The van der Waals surface area contributed by atoms with E-state index in [9.17, 15) is 8.78 Å². The van der Waals surface area contributed by atoms with Gasteiger partial charge in [-0.2, -0.15) is 0 Å². The Kier molecular flexibility index (Phi) is 3.64. The first kappa shape index (κ1) is 12.6. The standard InChI is InChI=1S/C10H14F2N2O2/c1-10(13,9(11)12)6-4-8(16-3)14-5-7(6)15-2/h4-5,9H,13H2,1-3H3. The predicted octanol–water partition coefficient (Wildman–Crippen LogP) is 1.54. The second-order valence-electron chi connectivity index (χ2n) is 3.51. The van der Waals surface area contributed by atoms with Crippen LogP contribution in [0.2, 0.25) is 0 Å². The van der Waals surface area contributed by atoms with Gasteiger partial charge in [-0.15, -0.1) is 0 Å². The van der Waals surface area contributed by atoms with E-state index in [1.54, 1.807) is 0 Å². The zero-order chi connectivity index (χ0) is 12.3. The molecule has 1 unspecified atom stereocenters. The van der Waals surface area contributed by atoms with Crippen LogP contribution in [0.25, 0.3) is 0 Å². The van der Waals surface area contributed by atoms with Gasteiger partial charge in [0, 0.05) is 11.6 Å². The van der Waals surface area contributed by atoms with Crippen LogP contribution >= 0.6 is 0 Å². The molecule has 0 saturated carbocycles. The normalized spacial score (nSPS) is 14.7. The molecule has 0 radical (unpaired) electrons. The third-order valence-electron chi connectivity index (χ3n) is 2.31. The minimum absolute atomic E-state index is 0.164. The van der Waals surface area contributed by atoms with Crippen molar-refractivity contribution >= 4 is 0 Å². The Bertz CT molecular complexity index is 370. The SMILES string of the molecule is COc1cc(C(C)(N)C(F)F)c(OC)cn1. The summed E-state index contributed by atoms with van der Waals surface area (Å²) in [7, 11) is 2.77. The van der Waals surface area contributed by atoms with Gasteiger partial charge < -0.3 is 15.2 Å². The van der Waals surface area contributed by atoms with Crippen LogP contribution in [-0.4, -0.2) is 25.6 Å². The number of hydrogen-bond acceptors (Lipinski definition) is 4. The molecule has 16 heavy (non-hydrogen) atoms. The molecule has 1 heterocycles. The van der Waals surface area contributed by atoms with E-state index in [-0.39, 0.29) is 17.2 Å². The van der Waals surface area contributed by atoms with Gasteiger partial charge in [-0.05, 0) is 6.92 Å². The molecule has 0 spiro atoms. The van der Waals surface area contributed by atoms with Gasteiger partial charge in [-0.25, -0.2) is 13.8 Å². The quantitative estimate of drug-likeness (QED) is 0.855. The van der Waals surface area contributed by atoms with Crippen LogP contribution in [0.15, 0.2) is 12.3 Å². The number of rotatable bonds is 4. The van der Waals surface area contributed by atoms with Crippen LogP contribution < -0.4 is 15.2 Å². The highest BCUT2D eigenvalue weighted by Gasteiger charge is 2.35. The number of hydrogen-bond donors (Lipinski definition) is 1. The van der Waals surface area contributed by atoms with Crippen molar-refractivity contribution in [1.82, 2.24) is 4.98 Å². The van der Waals surface area contributed by atoms with E-state index >= 15 is 0 Å². The third kappa shape index (κ3) is 2.21. The van der Waals surface area contributed by atoms with E-state index in [1.807, 2.05) is 0 Å². The lowest BCUT2D eigenvalue weighted by atomic mass is 9.94. The highest BCUT2D eigenvalue weighted by atomic mass is 19.3. The van der Waals surface area contributed by atoms with Crippen molar-refractivity contribution in [3.8, 4) is 11.6 Å². The molecule has 0 aliphatic rings. The number of alkyl halides is 2. The number of pyridine rings is 1.